The highest BCUT2D eigenvalue weighted by molar-refractivity contribution is 5.90. The van der Waals surface area contributed by atoms with Crippen LogP contribution in [0.4, 0.5) is 10.5 Å². The van der Waals surface area contributed by atoms with Gasteiger partial charge in [0.25, 0.3) is 0 Å². The Morgan fingerprint density at radius 2 is 2.21 bits per heavy atom. The van der Waals surface area contributed by atoms with Gasteiger partial charge in [-0.25, -0.2) is 4.79 Å². The first-order valence-electron chi connectivity index (χ1n) is 6.61. The molecule has 5 nitrogen and oxygen atoms in total. The molecule has 0 unspecified atom stereocenters. The second-order valence-corrected chi connectivity index (χ2v) is 4.41. The van der Waals surface area contributed by atoms with Gasteiger partial charge in [0.15, 0.2) is 0 Å². The van der Waals surface area contributed by atoms with E-state index in [2.05, 4.69) is 17.6 Å². The molecule has 0 spiro atoms. The van der Waals surface area contributed by atoms with Crippen LogP contribution in [0, 0.1) is 0 Å². The Hall–Kier alpha value is -1.59. The third kappa shape index (κ3) is 4.22. The summed E-state index contributed by atoms with van der Waals surface area (Å²) in [5.41, 5.74) is 1.97. The van der Waals surface area contributed by atoms with Gasteiger partial charge in [-0.05, 0) is 18.1 Å². The number of anilines is 1. The quantitative estimate of drug-likeness (QED) is 0.871. The van der Waals surface area contributed by atoms with Crippen molar-refractivity contribution in [3.05, 3.63) is 29.8 Å². The van der Waals surface area contributed by atoms with E-state index >= 15 is 0 Å². The number of aryl methyl sites for hydroxylation is 1. The number of amides is 2. The van der Waals surface area contributed by atoms with E-state index in [9.17, 15) is 4.79 Å². The Balaban J connectivity index is 1.80. The second-order valence-electron chi connectivity index (χ2n) is 4.41. The SMILES string of the molecule is CCc1ccccc1NC(=O)NC[C@@H]1COCCO1. The number of ether oxygens (including phenoxy) is 2. The molecule has 1 fully saturated rings. The van der Waals surface area contributed by atoms with Crippen molar-refractivity contribution in [2.24, 2.45) is 0 Å². The van der Waals surface area contributed by atoms with Gasteiger partial charge in [-0.3, -0.25) is 0 Å². The summed E-state index contributed by atoms with van der Waals surface area (Å²) in [6, 6.07) is 7.57. The highest BCUT2D eigenvalue weighted by Gasteiger charge is 2.15. The van der Waals surface area contributed by atoms with E-state index < -0.39 is 0 Å². The van der Waals surface area contributed by atoms with E-state index in [-0.39, 0.29) is 12.1 Å². The Morgan fingerprint density at radius 1 is 1.37 bits per heavy atom. The summed E-state index contributed by atoms with van der Waals surface area (Å²) in [6.45, 7) is 4.27. The molecular formula is C14H20N2O3. The van der Waals surface area contributed by atoms with E-state index in [1.165, 1.54) is 0 Å². The summed E-state index contributed by atoms with van der Waals surface area (Å²) in [5, 5.41) is 5.65. The molecule has 1 aliphatic rings. The third-order valence-electron chi connectivity index (χ3n) is 3.02. The van der Waals surface area contributed by atoms with E-state index in [0.717, 1.165) is 17.7 Å². The first-order chi connectivity index (χ1) is 9.29. The molecule has 0 radical (unpaired) electrons. The van der Waals surface area contributed by atoms with E-state index in [1.54, 1.807) is 0 Å². The van der Waals surface area contributed by atoms with Crippen LogP contribution in [0.1, 0.15) is 12.5 Å². The van der Waals surface area contributed by atoms with Crippen molar-refractivity contribution >= 4 is 11.7 Å². The molecule has 0 aliphatic carbocycles. The first kappa shape index (κ1) is 13.8. The van der Waals surface area contributed by atoms with Gasteiger partial charge in [0.05, 0.1) is 25.9 Å². The van der Waals surface area contributed by atoms with Gasteiger partial charge in [-0.2, -0.15) is 0 Å². The highest BCUT2D eigenvalue weighted by atomic mass is 16.6. The fraction of sp³-hybridized carbons (Fsp3) is 0.500. The van der Waals surface area contributed by atoms with Crippen LogP contribution >= 0.6 is 0 Å². The molecule has 1 saturated heterocycles. The molecule has 19 heavy (non-hydrogen) atoms. The Bertz CT molecular complexity index is 417. The molecule has 2 N–H and O–H groups in total. The molecule has 104 valence electrons. The minimum Gasteiger partial charge on any atom is -0.376 e. The van der Waals surface area contributed by atoms with Gasteiger partial charge in [-0.15, -0.1) is 0 Å². The number of para-hydroxylation sites is 1. The Kier molecular flexibility index (Phi) is 5.18. The highest BCUT2D eigenvalue weighted by Crippen LogP contribution is 2.15. The molecule has 1 aromatic rings. The van der Waals surface area contributed by atoms with Crippen LogP contribution in [0.5, 0.6) is 0 Å². The lowest BCUT2D eigenvalue weighted by molar-refractivity contribution is -0.0852. The van der Waals surface area contributed by atoms with Crippen molar-refractivity contribution in [1.82, 2.24) is 5.32 Å². The smallest absolute Gasteiger partial charge is 0.319 e. The predicted molar refractivity (Wildman–Crippen MR) is 73.4 cm³/mol. The minimum absolute atomic E-state index is 0.0547. The van der Waals surface area contributed by atoms with Crippen molar-refractivity contribution in [2.75, 3.05) is 31.7 Å². The van der Waals surface area contributed by atoms with E-state index in [0.29, 0.717) is 26.4 Å². The molecule has 1 aliphatic heterocycles. The molecule has 2 amide bonds. The van der Waals surface area contributed by atoms with Crippen molar-refractivity contribution in [3.63, 3.8) is 0 Å². The average molecular weight is 264 g/mol. The topological polar surface area (TPSA) is 59.6 Å². The first-order valence-corrected chi connectivity index (χ1v) is 6.61. The maximum Gasteiger partial charge on any atom is 0.319 e. The molecule has 5 heteroatoms. The van der Waals surface area contributed by atoms with Gasteiger partial charge in [0.1, 0.15) is 0 Å². The van der Waals surface area contributed by atoms with Crippen LogP contribution in [0.25, 0.3) is 0 Å². The lowest BCUT2D eigenvalue weighted by Gasteiger charge is -2.23. The average Bonchev–Trinajstić information content (AvgIpc) is 2.47. The number of carbonyl (C=O) groups excluding carboxylic acids is 1. The summed E-state index contributed by atoms with van der Waals surface area (Å²) < 4.78 is 10.7. The second kappa shape index (κ2) is 7.11. The monoisotopic (exact) mass is 264 g/mol. The fourth-order valence-corrected chi connectivity index (χ4v) is 1.98. The zero-order chi connectivity index (χ0) is 13.5. The van der Waals surface area contributed by atoms with Crippen LogP contribution in [0.2, 0.25) is 0 Å². The van der Waals surface area contributed by atoms with Gasteiger partial charge in [0.2, 0.25) is 0 Å². The third-order valence-corrected chi connectivity index (χ3v) is 3.02. The number of urea groups is 1. The van der Waals surface area contributed by atoms with Crippen LogP contribution in [-0.4, -0.2) is 38.5 Å². The lowest BCUT2D eigenvalue weighted by atomic mass is 10.1. The zero-order valence-corrected chi connectivity index (χ0v) is 11.1. The van der Waals surface area contributed by atoms with E-state index in [1.807, 2.05) is 24.3 Å². The number of benzene rings is 1. The molecule has 0 bridgehead atoms. The fourth-order valence-electron chi connectivity index (χ4n) is 1.98. The maximum atomic E-state index is 11.8. The largest absolute Gasteiger partial charge is 0.376 e. The van der Waals surface area contributed by atoms with Crippen molar-refractivity contribution in [3.8, 4) is 0 Å². The van der Waals surface area contributed by atoms with Crippen molar-refractivity contribution in [1.29, 1.82) is 0 Å². The molecule has 1 heterocycles. The van der Waals surface area contributed by atoms with Gasteiger partial charge < -0.3 is 20.1 Å². The van der Waals surface area contributed by atoms with Crippen LogP contribution in [-0.2, 0) is 15.9 Å². The van der Waals surface area contributed by atoms with Gasteiger partial charge >= 0.3 is 6.03 Å². The summed E-state index contributed by atoms with van der Waals surface area (Å²) in [6.07, 6.45) is 0.830. The summed E-state index contributed by atoms with van der Waals surface area (Å²) >= 11 is 0. The van der Waals surface area contributed by atoms with Gasteiger partial charge in [-0.1, -0.05) is 25.1 Å². The van der Waals surface area contributed by atoms with Crippen LogP contribution < -0.4 is 10.6 Å². The number of rotatable bonds is 4. The Morgan fingerprint density at radius 3 is 2.95 bits per heavy atom. The molecule has 2 rings (SSSR count). The molecule has 1 atom stereocenters. The summed E-state index contributed by atoms with van der Waals surface area (Å²) in [5.74, 6) is 0. The molecular weight excluding hydrogens is 244 g/mol. The van der Waals surface area contributed by atoms with E-state index in [4.69, 9.17) is 9.47 Å². The number of hydrogen-bond acceptors (Lipinski definition) is 3. The standard InChI is InChI=1S/C14H20N2O3/c1-2-11-5-3-4-6-13(11)16-14(17)15-9-12-10-18-7-8-19-12/h3-6,12H,2,7-10H2,1H3,(H2,15,16,17)/t12-/m1/s1. The van der Waals surface area contributed by atoms with Crippen LogP contribution in [0.15, 0.2) is 24.3 Å². The maximum absolute atomic E-state index is 11.8. The predicted octanol–water partition coefficient (Wildman–Crippen LogP) is 1.79. The molecule has 1 aromatic carbocycles. The van der Waals surface area contributed by atoms with Crippen molar-refractivity contribution in [2.45, 2.75) is 19.4 Å². The summed E-state index contributed by atoms with van der Waals surface area (Å²) in [7, 11) is 0. The van der Waals surface area contributed by atoms with Crippen molar-refractivity contribution < 1.29 is 14.3 Å². The molecule has 0 saturated carbocycles. The summed E-state index contributed by atoms with van der Waals surface area (Å²) in [4.78, 5) is 11.8. The zero-order valence-electron chi connectivity index (χ0n) is 11.1. The number of hydrogen-bond donors (Lipinski definition) is 2. The van der Waals surface area contributed by atoms with Gasteiger partial charge in [0, 0.05) is 12.2 Å². The Labute approximate surface area is 113 Å². The molecule has 0 aromatic heterocycles. The normalized spacial score (nSPS) is 18.9. The number of carbonyl (C=O) groups is 1. The lowest BCUT2D eigenvalue weighted by Crippen LogP contribution is -2.41. The minimum atomic E-state index is -0.213. The number of nitrogens with one attached hydrogen (secondary N) is 2. The van der Waals surface area contributed by atoms with Crippen LogP contribution in [0.3, 0.4) is 0 Å².